The van der Waals surface area contributed by atoms with Gasteiger partial charge in [-0.3, -0.25) is 4.79 Å². The van der Waals surface area contributed by atoms with Crippen molar-refractivity contribution in [3.05, 3.63) is 94.5 Å². The van der Waals surface area contributed by atoms with Gasteiger partial charge in [0.05, 0.1) is 6.61 Å². The molecule has 0 radical (unpaired) electrons. The largest absolute Gasteiger partial charge is 0.494 e. The summed E-state index contributed by atoms with van der Waals surface area (Å²) in [6.45, 7) is 3.02. The Morgan fingerprint density at radius 2 is 1.71 bits per heavy atom. The standard InChI is InChI=1S/C23H21ClN2O2/c1-2-28-18-13-11-17(12-14-18)25-22-19-8-4-5-9-20(19)23(27)26(22)15-16-7-3-6-10-21(16)24/h3-14,22,25H,2,15H2,1H3/t22-/m1/s1. The highest BCUT2D eigenvalue weighted by molar-refractivity contribution is 6.31. The molecule has 142 valence electrons. The Morgan fingerprint density at radius 3 is 2.46 bits per heavy atom. The number of nitrogens with zero attached hydrogens (tertiary/aromatic N) is 1. The van der Waals surface area contributed by atoms with E-state index in [4.69, 9.17) is 16.3 Å². The number of ether oxygens (including phenoxy) is 1. The minimum Gasteiger partial charge on any atom is -0.494 e. The Labute approximate surface area is 169 Å². The first-order chi connectivity index (χ1) is 13.7. The number of carbonyl (C=O) groups excluding carboxylic acids is 1. The lowest BCUT2D eigenvalue weighted by Gasteiger charge is -2.27. The van der Waals surface area contributed by atoms with Crippen LogP contribution in [0, 0.1) is 0 Å². The van der Waals surface area contributed by atoms with E-state index < -0.39 is 0 Å². The Hall–Kier alpha value is -2.98. The molecule has 1 aliphatic heterocycles. The van der Waals surface area contributed by atoms with Crippen molar-refractivity contribution in [2.75, 3.05) is 11.9 Å². The summed E-state index contributed by atoms with van der Waals surface area (Å²) in [6.07, 6.45) is -0.266. The lowest BCUT2D eigenvalue weighted by atomic mass is 10.1. The molecule has 1 N–H and O–H groups in total. The summed E-state index contributed by atoms with van der Waals surface area (Å²) in [6, 6.07) is 23.1. The lowest BCUT2D eigenvalue weighted by Crippen LogP contribution is -2.32. The smallest absolute Gasteiger partial charge is 0.256 e. The molecule has 1 heterocycles. The molecule has 0 aromatic heterocycles. The third-order valence-electron chi connectivity index (χ3n) is 4.83. The van der Waals surface area contributed by atoms with Crippen LogP contribution in [0.2, 0.25) is 5.02 Å². The highest BCUT2D eigenvalue weighted by atomic mass is 35.5. The van der Waals surface area contributed by atoms with Crippen LogP contribution < -0.4 is 10.1 Å². The van der Waals surface area contributed by atoms with E-state index in [0.717, 1.165) is 28.1 Å². The number of benzene rings is 3. The van der Waals surface area contributed by atoms with Gasteiger partial charge in [-0.05, 0) is 48.9 Å². The molecule has 1 atom stereocenters. The minimum atomic E-state index is -0.266. The molecule has 0 bridgehead atoms. The minimum absolute atomic E-state index is 0.000966. The normalized spacial score (nSPS) is 15.4. The van der Waals surface area contributed by atoms with Gasteiger partial charge in [-0.2, -0.15) is 0 Å². The van der Waals surface area contributed by atoms with Gasteiger partial charge in [0.1, 0.15) is 11.9 Å². The van der Waals surface area contributed by atoms with E-state index in [9.17, 15) is 4.79 Å². The molecule has 0 unspecified atom stereocenters. The number of rotatable bonds is 6. The fourth-order valence-corrected chi connectivity index (χ4v) is 3.67. The molecule has 0 fully saturated rings. The first-order valence-electron chi connectivity index (χ1n) is 9.30. The maximum absolute atomic E-state index is 13.1. The first kappa shape index (κ1) is 18.4. The van der Waals surface area contributed by atoms with Crippen molar-refractivity contribution in [1.29, 1.82) is 0 Å². The average Bonchev–Trinajstić information content (AvgIpc) is 2.97. The number of halogens is 1. The van der Waals surface area contributed by atoms with E-state index in [1.165, 1.54) is 0 Å². The van der Waals surface area contributed by atoms with E-state index in [-0.39, 0.29) is 12.1 Å². The molecule has 1 aliphatic rings. The molecule has 3 aromatic carbocycles. The van der Waals surface area contributed by atoms with Crippen molar-refractivity contribution in [1.82, 2.24) is 4.90 Å². The summed E-state index contributed by atoms with van der Waals surface area (Å²) in [5.74, 6) is 0.822. The number of nitrogens with one attached hydrogen (secondary N) is 1. The summed E-state index contributed by atoms with van der Waals surface area (Å²) in [7, 11) is 0. The van der Waals surface area contributed by atoms with Crippen LogP contribution in [-0.4, -0.2) is 17.4 Å². The zero-order valence-electron chi connectivity index (χ0n) is 15.6. The van der Waals surface area contributed by atoms with Gasteiger partial charge in [-0.25, -0.2) is 0 Å². The Kier molecular flexibility index (Phi) is 5.22. The molecule has 4 nitrogen and oxygen atoms in total. The van der Waals surface area contributed by atoms with Crippen molar-refractivity contribution >= 4 is 23.2 Å². The Morgan fingerprint density at radius 1 is 1.00 bits per heavy atom. The van der Waals surface area contributed by atoms with Gasteiger partial charge < -0.3 is 15.0 Å². The molecule has 5 heteroatoms. The van der Waals surface area contributed by atoms with Crippen LogP contribution in [-0.2, 0) is 6.54 Å². The number of carbonyl (C=O) groups is 1. The topological polar surface area (TPSA) is 41.6 Å². The Bertz CT molecular complexity index is 988. The van der Waals surface area contributed by atoms with Crippen LogP contribution in [0.15, 0.2) is 72.8 Å². The van der Waals surface area contributed by atoms with Crippen LogP contribution >= 0.6 is 11.6 Å². The van der Waals surface area contributed by atoms with E-state index in [0.29, 0.717) is 18.2 Å². The van der Waals surface area contributed by atoms with Gasteiger partial charge in [-0.1, -0.05) is 48.0 Å². The number of fused-ring (bicyclic) bond motifs is 1. The lowest BCUT2D eigenvalue weighted by molar-refractivity contribution is 0.0729. The van der Waals surface area contributed by atoms with Crippen molar-refractivity contribution in [3.8, 4) is 5.75 Å². The number of hydrogen-bond donors (Lipinski definition) is 1. The van der Waals surface area contributed by atoms with Crippen molar-refractivity contribution in [3.63, 3.8) is 0 Å². The average molecular weight is 393 g/mol. The first-order valence-corrected chi connectivity index (χ1v) is 9.68. The van der Waals surface area contributed by atoms with Crippen molar-refractivity contribution < 1.29 is 9.53 Å². The van der Waals surface area contributed by atoms with Gasteiger partial charge in [0, 0.05) is 28.4 Å². The van der Waals surface area contributed by atoms with Gasteiger partial charge in [0.15, 0.2) is 0 Å². The van der Waals surface area contributed by atoms with Gasteiger partial charge in [-0.15, -0.1) is 0 Å². The molecule has 0 aliphatic carbocycles. The van der Waals surface area contributed by atoms with Crippen molar-refractivity contribution in [2.45, 2.75) is 19.6 Å². The predicted octanol–water partition coefficient (Wildman–Crippen LogP) is 5.51. The zero-order valence-corrected chi connectivity index (χ0v) is 16.3. The van der Waals surface area contributed by atoms with Crippen LogP contribution in [0.25, 0.3) is 0 Å². The number of hydrogen-bond acceptors (Lipinski definition) is 3. The Balaban J connectivity index is 1.64. The molecule has 0 saturated heterocycles. The van der Waals surface area contributed by atoms with Crippen LogP contribution in [0.3, 0.4) is 0 Å². The fraction of sp³-hybridized carbons (Fsp3) is 0.174. The van der Waals surface area contributed by atoms with E-state index >= 15 is 0 Å². The predicted molar refractivity (Wildman–Crippen MR) is 112 cm³/mol. The molecule has 0 spiro atoms. The fourth-order valence-electron chi connectivity index (χ4n) is 3.47. The number of anilines is 1. The highest BCUT2D eigenvalue weighted by Crippen LogP contribution is 2.36. The van der Waals surface area contributed by atoms with Gasteiger partial charge >= 0.3 is 0 Å². The number of amides is 1. The van der Waals surface area contributed by atoms with Gasteiger partial charge in [0.25, 0.3) is 5.91 Å². The third-order valence-corrected chi connectivity index (χ3v) is 5.19. The molecular weight excluding hydrogens is 372 g/mol. The molecule has 0 saturated carbocycles. The second-order valence-electron chi connectivity index (χ2n) is 6.62. The molecule has 28 heavy (non-hydrogen) atoms. The molecular formula is C23H21ClN2O2. The molecule has 4 rings (SSSR count). The van der Waals surface area contributed by atoms with E-state index in [1.807, 2.05) is 84.6 Å². The van der Waals surface area contributed by atoms with Crippen LogP contribution in [0.4, 0.5) is 5.69 Å². The van der Waals surface area contributed by atoms with Crippen molar-refractivity contribution in [2.24, 2.45) is 0 Å². The van der Waals surface area contributed by atoms with Crippen LogP contribution in [0.1, 0.15) is 34.6 Å². The van der Waals surface area contributed by atoms with E-state index in [2.05, 4.69) is 5.32 Å². The van der Waals surface area contributed by atoms with Gasteiger partial charge in [0.2, 0.25) is 0 Å². The molecule has 3 aromatic rings. The quantitative estimate of drug-likeness (QED) is 0.601. The maximum atomic E-state index is 13.1. The second kappa shape index (κ2) is 7.95. The van der Waals surface area contributed by atoms with Crippen LogP contribution in [0.5, 0.6) is 5.75 Å². The maximum Gasteiger partial charge on any atom is 0.256 e. The summed E-state index contributed by atoms with van der Waals surface area (Å²) in [4.78, 5) is 14.9. The summed E-state index contributed by atoms with van der Waals surface area (Å²) >= 11 is 6.34. The summed E-state index contributed by atoms with van der Waals surface area (Å²) < 4.78 is 5.51. The SMILES string of the molecule is CCOc1ccc(N[C@H]2c3ccccc3C(=O)N2Cc2ccccc2Cl)cc1. The third kappa shape index (κ3) is 3.56. The zero-order chi connectivity index (χ0) is 19.5. The summed E-state index contributed by atoms with van der Waals surface area (Å²) in [5.41, 5.74) is 3.53. The van der Waals surface area contributed by atoms with E-state index in [1.54, 1.807) is 0 Å². The monoisotopic (exact) mass is 392 g/mol. The highest BCUT2D eigenvalue weighted by Gasteiger charge is 2.36. The summed E-state index contributed by atoms with van der Waals surface area (Å²) in [5, 5.41) is 4.15. The molecule has 1 amide bonds. The second-order valence-corrected chi connectivity index (χ2v) is 7.02.